The smallest absolute Gasteiger partial charge is 0.408 e. The molecule has 0 aromatic carbocycles. The van der Waals surface area contributed by atoms with Crippen molar-refractivity contribution in [2.24, 2.45) is 5.11 Å². The predicted molar refractivity (Wildman–Crippen MR) is 139 cm³/mol. The maximum atomic E-state index is 13.1. The summed E-state index contributed by atoms with van der Waals surface area (Å²) in [4.78, 5) is 51.3. The maximum Gasteiger partial charge on any atom is 0.408 e. The Morgan fingerprint density at radius 1 is 1.14 bits per heavy atom. The molecule has 0 fully saturated rings. The molecule has 0 aliphatic carbocycles. The summed E-state index contributed by atoms with van der Waals surface area (Å²) in [6, 6.07) is -1.79. The highest BCUT2D eigenvalue weighted by atomic mass is 16.6. The minimum atomic E-state index is -1.12. The zero-order valence-corrected chi connectivity index (χ0v) is 22.7. The summed E-state index contributed by atoms with van der Waals surface area (Å²) >= 11 is 0. The van der Waals surface area contributed by atoms with E-state index in [1.807, 2.05) is 6.08 Å². The Bertz CT molecular complexity index is 806. The van der Waals surface area contributed by atoms with Crippen LogP contribution in [0.25, 0.3) is 10.4 Å². The molecule has 0 saturated carbocycles. The Morgan fingerprint density at radius 3 is 2.41 bits per heavy atom. The van der Waals surface area contributed by atoms with E-state index in [1.54, 1.807) is 26.8 Å². The monoisotopic (exact) mass is 525 g/mol. The molecule has 0 heterocycles. The first-order chi connectivity index (χ1) is 17.4. The molecule has 210 valence electrons. The molecule has 0 spiro atoms. The summed E-state index contributed by atoms with van der Waals surface area (Å²) in [5.74, 6) is -2.22. The summed E-state index contributed by atoms with van der Waals surface area (Å²) in [6.45, 7) is 6.88. The van der Waals surface area contributed by atoms with Gasteiger partial charge in [-0.05, 0) is 45.6 Å². The van der Waals surface area contributed by atoms with Crippen LogP contribution < -0.4 is 16.1 Å². The number of ether oxygens (including phenoxy) is 1. The minimum absolute atomic E-state index is 0.0253. The van der Waals surface area contributed by atoms with Crippen LogP contribution >= 0.6 is 0 Å². The molecular formula is C24H43N7O6. The molecule has 0 radical (unpaired) electrons. The SMILES string of the molecule is CCCCCCCC=CC(NC(=O)OC(C)(C)C)C(=O)NC(CCN=[N+]=[N-])CC(=O)NN(C)CC(=O)O. The number of nitrogens with one attached hydrogen (secondary N) is 3. The van der Waals surface area contributed by atoms with Crippen LogP contribution in [0.15, 0.2) is 17.3 Å². The number of amides is 3. The second-order valence-electron chi connectivity index (χ2n) is 9.69. The molecule has 13 nitrogen and oxygen atoms in total. The number of alkyl carbamates (subject to hydrolysis) is 1. The van der Waals surface area contributed by atoms with Crippen LogP contribution in [-0.4, -0.2) is 71.8 Å². The predicted octanol–water partition coefficient (Wildman–Crippen LogP) is 3.42. The quantitative estimate of drug-likeness (QED) is 0.0527. The number of carbonyl (C=O) groups is 4. The van der Waals surface area contributed by atoms with Crippen molar-refractivity contribution in [3.8, 4) is 0 Å². The van der Waals surface area contributed by atoms with Crippen molar-refractivity contribution in [3.63, 3.8) is 0 Å². The van der Waals surface area contributed by atoms with E-state index in [9.17, 15) is 19.2 Å². The number of aliphatic carboxylic acids is 1. The van der Waals surface area contributed by atoms with E-state index >= 15 is 0 Å². The first kappa shape index (κ1) is 33.7. The van der Waals surface area contributed by atoms with Crippen LogP contribution in [0.4, 0.5) is 4.79 Å². The zero-order valence-electron chi connectivity index (χ0n) is 22.7. The van der Waals surface area contributed by atoms with E-state index < -0.39 is 48.1 Å². The van der Waals surface area contributed by atoms with Crippen molar-refractivity contribution in [3.05, 3.63) is 22.6 Å². The zero-order chi connectivity index (χ0) is 28.3. The van der Waals surface area contributed by atoms with Gasteiger partial charge >= 0.3 is 12.1 Å². The van der Waals surface area contributed by atoms with E-state index in [-0.39, 0.29) is 19.4 Å². The number of likely N-dealkylation sites (N-methyl/N-ethyl adjacent to an activating group) is 1. The van der Waals surface area contributed by atoms with Crippen molar-refractivity contribution in [2.75, 3.05) is 20.1 Å². The summed E-state index contributed by atoms with van der Waals surface area (Å²) < 4.78 is 5.28. The molecule has 13 heteroatoms. The van der Waals surface area contributed by atoms with Gasteiger partial charge < -0.3 is 20.5 Å². The summed E-state index contributed by atoms with van der Waals surface area (Å²) in [5, 5.41) is 18.7. The van der Waals surface area contributed by atoms with Crippen molar-refractivity contribution < 1.29 is 29.0 Å². The van der Waals surface area contributed by atoms with Crippen molar-refractivity contribution in [1.29, 1.82) is 0 Å². The molecule has 0 rings (SSSR count). The fourth-order valence-electron chi connectivity index (χ4n) is 3.23. The number of nitrogens with zero attached hydrogens (tertiary/aromatic N) is 4. The topological polar surface area (TPSA) is 186 Å². The Labute approximate surface area is 219 Å². The summed E-state index contributed by atoms with van der Waals surface area (Å²) in [7, 11) is 1.40. The van der Waals surface area contributed by atoms with E-state index in [4.69, 9.17) is 15.4 Å². The van der Waals surface area contributed by atoms with Gasteiger partial charge in [-0.15, -0.1) is 0 Å². The fraction of sp³-hybridized carbons (Fsp3) is 0.750. The third-order valence-corrected chi connectivity index (χ3v) is 4.86. The van der Waals surface area contributed by atoms with Gasteiger partial charge in [0.25, 0.3) is 0 Å². The van der Waals surface area contributed by atoms with E-state index in [0.29, 0.717) is 0 Å². The van der Waals surface area contributed by atoms with Crippen LogP contribution in [0.2, 0.25) is 0 Å². The lowest BCUT2D eigenvalue weighted by Gasteiger charge is -2.24. The normalized spacial score (nSPS) is 12.9. The van der Waals surface area contributed by atoms with Gasteiger partial charge in [0.05, 0.1) is 0 Å². The molecule has 0 aliphatic rings. The highest BCUT2D eigenvalue weighted by molar-refractivity contribution is 5.88. The number of unbranched alkanes of at least 4 members (excludes halogenated alkanes) is 5. The van der Waals surface area contributed by atoms with Crippen LogP contribution in [0, 0.1) is 0 Å². The Kier molecular flexibility index (Phi) is 17.2. The van der Waals surface area contributed by atoms with Gasteiger partial charge in [0, 0.05) is 31.0 Å². The van der Waals surface area contributed by atoms with Crippen molar-refractivity contribution in [2.45, 2.75) is 96.7 Å². The summed E-state index contributed by atoms with van der Waals surface area (Å²) in [6.07, 6.45) is 8.83. The Morgan fingerprint density at radius 2 is 1.81 bits per heavy atom. The van der Waals surface area contributed by atoms with Gasteiger partial charge in [0.2, 0.25) is 11.8 Å². The molecule has 0 aliphatic heterocycles. The molecule has 37 heavy (non-hydrogen) atoms. The number of carbonyl (C=O) groups excluding carboxylic acids is 3. The van der Waals surface area contributed by atoms with E-state index in [2.05, 4.69) is 33.0 Å². The first-order valence-electron chi connectivity index (χ1n) is 12.6. The van der Waals surface area contributed by atoms with Crippen LogP contribution in [-0.2, 0) is 19.1 Å². The highest BCUT2D eigenvalue weighted by Gasteiger charge is 2.25. The Hall–Kier alpha value is -3.31. The van der Waals surface area contributed by atoms with Gasteiger partial charge in [-0.25, -0.2) is 9.80 Å². The fourth-order valence-corrected chi connectivity index (χ4v) is 3.23. The largest absolute Gasteiger partial charge is 0.480 e. The maximum absolute atomic E-state index is 13.1. The second kappa shape index (κ2) is 18.9. The average molecular weight is 526 g/mol. The van der Waals surface area contributed by atoms with Gasteiger partial charge in [-0.3, -0.25) is 19.8 Å². The lowest BCUT2D eigenvalue weighted by molar-refractivity contribution is -0.139. The van der Waals surface area contributed by atoms with Gasteiger partial charge in [0.15, 0.2) is 0 Å². The minimum Gasteiger partial charge on any atom is -0.480 e. The average Bonchev–Trinajstić information content (AvgIpc) is 2.75. The van der Waals surface area contributed by atoms with Gasteiger partial charge in [0.1, 0.15) is 18.2 Å². The number of carboxylic acid groups (broad SMARTS) is 1. The molecule has 0 aromatic rings. The number of hydrogen-bond acceptors (Lipinski definition) is 7. The van der Waals surface area contributed by atoms with Gasteiger partial charge in [-0.1, -0.05) is 49.9 Å². The summed E-state index contributed by atoms with van der Waals surface area (Å²) in [5.41, 5.74) is 10.2. The molecule has 0 bridgehead atoms. The number of carboxylic acids is 1. The molecule has 0 aromatic heterocycles. The number of allylic oxidation sites excluding steroid dienone is 1. The second-order valence-corrected chi connectivity index (χ2v) is 9.69. The molecule has 4 N–H and O–H groups in total. The molecular weight excluding hydrogens is 482 g/mol. The lowest BCUT2D eigenvalue weighted by atomic mass is 10.1. The molecule has 3 amide bonds. The van der Waals surface area contributed by atoms with Crippen molar-refractivity contribution in [1.82, 2.24) is 21.1 Å². The molecule has 0 saturated heterocycles. The first-order valence-corrected chi connectivity index (χ1v) is 12.6. The van der Waals surface area contributed by atoms with Gasteiger partial charge in [-0.2, -0.15) is 0 Å². The number of hydrogen-bond donors (Lipinski definition) is 4. The van der Waals surface area contributed by atoms with Crippen molar-refractivity contribution >= 4 is 23.9 Å². The standard InChI is InChI=1S/C24H43N7O6/c1-6-7-8-9-10-11-12-13-19(28-23(36)37-24(2,3)4)22(35)27-18(14-15-26-30-25)16-20(32)29-31(5)17-21(33)34/h12-13,18-19H,6-11,14-17H2,1-5H3,(H,27,35)(H,28,36)(H,29,32)(H,33,34). The van der Waals surface area contributed by atoms with Crippen LogP contribution in [0.1, 0.15) is 79.1 Å². The molecule has 2 unspecified atom stereocenters. The number of hydrazine groups is 1. The lowest BCUT2D eigenvalue weighted by Crippen LogP contribution is -2.51. The van der Waals surface area contributed by atoms with E-state index in [0.717, 1.165) is 37.1 Å². The van der Waals surface area contributed by atoms with E-state index in [1.165, 1.54) is 13.5 Å². The Balaban J connectivity index is 5.37. The van der Waals surface area contributed by atoms with Crippen LogP contribution in [0.5, 0.6) is 0 Å². The number of rotatable bonds is 18. The molecule has 2 atom stereocenters. The third-order valence-electron chi connectivity index (χ3n) is 4.86. The third kappa shape index (κ3) is 19.5. The highest BCUT2D eigenvalue weighted by Crippen LogP contribution is 2.09. The van der Waals surface area contributed by atoms with Crippen LogP contribution in [0.3, 0.4) is 0 Å². The number of azide groups is 1.